The number of carboxylic acids is 1. The summed E-state index contributed by atoms with van der Waals surface area (Å²) in [5, 5.41) is 23.7. The normalized spacial score (nSPS) is 32.8. The van der Waals surface area contributed by atoms with Crippen molar-refractivity contribution in [3.8, 4) is 0 Å². The number of thiophene rings is 1. The van der Waals surface area contributed by atoms with Crippen LogP contribution < -0.4 is 5.11 Å². The van der Waals surface area contributed by atoms with Gasteiger partial charge in [0.1, 0.15) is 12.1 Å². The Balaban J connectivity index is 0.000000196. The molecule has 11 atom stereocenters. The van der Waals surface area contributed by atoms with Crippen LogP contribution in [0.2, 0.25) is 14.4 Å². The highest BCUT2D eigenvalue weighted by Crippen LogP contribution is 2.67. The topological polar surface area (TPSA) is 126 Å². The zero-order valence-electron chi connectivity index (χ0n) is 39.3. The van der Waals surface area contributed by atoms with E-state index in [0.717, 1.165) is 72.1 Å². The molecule has 11 nitrogen and oxygen atoms in total. The standard InChI is InChI=1S/C32H53N2O4.C16H13Cl3N2OS.C3H6O2/c1-5-14-34(15-6-7-16-34)28-20-26-24-9-8-23-19-29(36)27(33-12-17-37-18-13-33)21-32(23,4)25(24)10-11-31(26,3)30(28)38-22(2)35;17-12-1-2-13(14(18)7-12)15(8-21-5-4-20-10-21)22-9-11-3-6-23-16(11)19;1-2-3(4)5/h5,23-30,36H,1,6-21H2,2-4H3;1-7,10,15H,8-9H2;2H2,1H3,(H,4,5)/q+1;;/p-1/t23-,24+,25-,26-,27-,28-,29-,30-,31-,32-;;/m0../s1. The fourth-order valence-electron chi connectivity index (χ4n) is 13.5. The molecule has 0 amide bonds. The molecule has 15 heteroatoms. The predicted molar refractivity (Wildman–Crippen MR) is 259 cm³/mol. The lowest BCUT2D eigenvalue weighted by molar-refractivity contribution is -0.937. The number of hydrogen-bond acceptors (Lipinski definition) is 10. The van der Waals surface area contributed by atoms with Gasteiger partial charge < -0.3 is 38.3 Å². The van der Waals surface area contributed by atoms with Gasteiger partial charge in [-0.2, -0.15) is 0 Å². The molecule has 6 aliphatic rings. The average Bonchev–Trinajstić information content (AvgIpc) is 4.12. The minimum absolute atomic E-state index is 0.0174. The van der Waals surface area contributed by atoms with Crippen molar-refractivity contribution in [2.45, 2.75) is 135 Å². The molecule has 0 radical (unpaired) electrons. The number of halogens is 3. The summed E-state index contributed by atoms with van der Waals surface area (Å²) in [6.45, 7) is 20.3. The number of carboxylic acid groups (broad SMARTS) is 1. The van der Waals surface area contributed by atoms with Crippen molar-refractivity contribution in [1.82, 2.24) is 14.5 Å². The molecule has 4 heterocycles. The summed E-state index contributed by atoms with van der Waals surface area (Å²) in [6, 6.07) is 8.05. The number of imidazole rings is 1. The van der Waals surface area contributed by atoms with Crippen LogP contribution in [0.25, 0.3) is 0 Å². The number of morpholine rings is 1. The molecule has 2 aromatic heterocycles. The van der Waals surface area contributed by atoms with Gasteiger partial charge in [-0.15, -0.1) is 11.3 Å². The Morgan fingerprint density at radius 3 is 2.45 bits per heavy atom. The minimum atomic E-state index is -0.995. The van der Waals surface area contributed by atoms with E-state index < -0.39 is 5.97 Å². The largest absolute Gasteiger partial charge is 0.550 e. The monoisotopic (exact) mass is 988 g/mol. The molecule has 1 N–H and O–H groups in total. The van der Waals surface area contributed by atoms with Crippen LogP contribution in [0.1, 0.15) is 109 Å². The zero-order valence-corrected chi connectivity index (χ0v) is 42.3. The fraction of sp³-hybridized carbons (Fsp3) is 0.667. The lowest BCUT2D eigenvalue weighted by atomic mass is 9.44. The maximum absolute atomic E-state index is 12.5. The SMILES string of the molecule is C=CC[N+]1([C@H]2C[C@H]3[C@@H]4CC[C@H]5C[C@H](O)[C@@H](N6CCOCC6)C[C@]5(C)[C@H]4CC[C@]3(C)[C@H]2OC(C)=O)CCCC1.CCC(=O)[O-].Clc1ccc(C(Cn2ccnc2)OCc2ccsc2Cl)c(Cl)c1. The van der Waals surface area contributed by atoms with Gasteiger partial charge in [0.15, 0.2) is 6.10 Å². The number of aliphatic hydroxyl groups excluding tert-OH is 1. The molecule has 3 aromatic rings. The maximum Gasteiger partial charge on any atom is 0.303 e. The number of fused-ring (bicyclic) bond motifs is 5. The summed E-state index contributed by atoms with van der Waals surface area (Å²) in [7, 11) is 0. The molecule has 1 unspecified atom stereocenters. The van der Waals surface area contributed by atoms with E-state index in [2.05, 4.69) is 36.4 Å². The van der Waals surface area contributed by atoms with Crippen LogP contribution in [0.4, 0.5) is 0 Å². The van der Waals surface area contributed by atoms with Gasteiger partial charge in [0.05, 0.1) is 62.8 Å². The van der Waals surface area contributed by atoms with Crippen molar-refractivity contribution < 1.29 is 38.5 Å². The molecular formula is C51H71Cl3N4O7S. The second-order valence-corrected chi connectivity index (χ2v) is 22.6. The lowest BCUT2D eigenvalue weighted by Gasteiger charge is -2.62. The Morgan fingerprint density at radius 1 is 1.09 bits per heavy atom. The molecule has 0 spiro atoms. The number of aromatic nitrogens is 2. The molecular weight excluding hydrogens is 919 g/mol. The fourth-order valence-corrected chi connectivity index (χ4v) is 14.9. The highest BCUT2D eigenvalue weighted by atomic mass is 35.5. The molecule has 4 saturated carbocycles. The third-order valence-corrected chi connectivity index (χ3v) is 18.6. The number of benzene rings is 1. The summed E-state index contributed by atoms with van der Waals surface area (Å²) >= 11 is 20.0. The summed E-state index contributed by atoms with van der Waals surface area (Å²) in [6.07, 6.45) is 17.9. The molecule has 364 valence electrons. The van der Waals surface area contributed by atoms with Gasteiger partial charge in [-0.3, -0.25) is 9.69 Å². The number of nitrogens with zero attached hydrogens (tertiary/aromatic N) is 4. The van der Waals surface area contributed by atoms with Crippen LogP contribution >= 0.6 is 46.1 Å². The molecule has 4 aliphatic carbocycles. The summed E-state index contributed by atoms with van der Waals surface area (Å²) < 4.78 is 21.9. The van der Waals surface area contributed by atoms with E-state index in [9.17, 15) is 19.8 Å². The number of carbonyl (C=O) groups excluding carboxylic acids is 2. The summed E-state index contributed by atoms with van der Waals surface area (Å²) in [5.41, 5.74) is 2.20. The van der Waals surface area contributed by atoms with Gasteiger partial charge in [0.25, 0.3) is 0 Å². The van der Waals surface area contributed by atoms with Crippen molar-refractivity contribution in [3.63, 3.8) is 0 Å². The molecule has 0 bridgehead atoms. The van der Waals surface area contributed by atoms with Crippen molar-refractivity contribution in [2.24, 2.45) is 34.5 Å². The van der Waals surface area contributed by atoms with Crippen LogP contribution in [-0.4, -0.2) is 106 Å². The van der Waals surface area contributed by atoms with Gasteiger partial charge in [0.2, 0.25) is 0 Å². The molecule has 9 rings (SSSR count). The molecule has 6 fully saturated rings. The number of aliphatic carboxylic acids is 1. The van der Waals surface area contributed by atoms with E-state index in [1.54, 1.807) is 25.5 Å². The molecule has 2 saturated heterocycles. The van der Waals surface area contributed by atoms with Crippen molar-refractivity contribution in [3.05, 3.63) is 86.5 Å². The first-order valence-corrected chi connectivity index (χ1v) is 26.2. The van der Waals surface area contributed by atoms with E-state index in [0.29, 0.717) is 52.9 Å². The molecule has 1 aromatic carbocycles. The van der Waals surface area contributed by atoms with Crippen LogP contribution in [-0.2, 0) is 37.0 Å². The Kier molecular flexibility index (Phi) is 17.5. The third kappa shape index (κ3) is 11.2. The van der Waals surface area contributed by atoms with Crippen molar-refractivity contribution in [1.29, 1.82) is 0 Å². The van der Waals surface area contributed by atoms with Crippen molar-refractivity contribution in [2.75, 3.05) is 45.9 Å². The van der Waals surface area contributed by atoms with Crippen LogP contribution in [0.3, 0.4) is 0 Å². The maximum atomic E-state index is 12.5. The van der Waals surface area contributed by atoms with Gasteiger partial charge in [0, 0.05) is 90.3 Å². The van der Waals surface area contributed by atoms with Crippen molar-refractivity contribution >= 4 is 58.1 Å². The highest BCUT2D eigenvalue weighted by molar-refractivity contribution is 7.14. The van der Waals surface area contributed by atoms with E-state index >= 15 is 0 Å². The number of rotatable bonds is 12. The first-order valence-electron chi connectivity index (χ1n) is 24.2. The van der Waals surface area contributed by atoms with Crippen LogP contribution in [0.15, 0.2) is 61.0 Å². The predicted octanol–water partition coefficient (Wildman–Crippen LogP) is 9.42. The zero-order chi connectivity index (χ0) is 47.2. The number of ether oxygens (including phenoxy) is 3. The quantitative estimate of drug-likeness (QED) is 0.107. The Hall–Kier alpha value is -2.52. The first-order chi connectivity index (χ1) is 31.6. The van der Waals surface area contributed by atoms with E-state index in [1.165, 1.54) is 69.9 Å². The number of aliphatic hydroxyl groups is 1. The number of esters is 1. The van der Waals surface area contributed by atoms with Gasteiger partial charge in [-0.05, 0) is 104 Å². The summed E-state index contributed by atoms with van der Waals surface area (Å²) in [5.74, 6) is 1.54. The summed E-state index contributed by atoms with van der Waals surface area (Å²) in [4.78, 5) is 28.3. The number of likely N-dealkylation sites (tertiary alicyclic amines) is 1. The van der Waals surface area contributed by atoms with E-state index in [1.807, 2.05) is 34.3 Å². The van der Waals surface area contributed by atoms with Gasteiger partial charge >= 0.3 is 5.97 Å². The third-order valence-electron chi connectivity index (χ3n) is 16.7. The van der Waals surface area contributed by atoms with E-state index in [-0.39, 0.29) is 47.6 Å². The second kappa shape index (κ2) is 22.5. The van der Waals surface area contributed by atoms with Gasteiger partial charge in [-0.25, -0.2) is 4.98 Å². The van der Waals surface area contributed by atoms with Crippen LogP contribution in [0.5, 0.6) is 0 Å². The average molecular weight is 991 g/mol. The van der Waals surface area contributed by atoms with Gasteiger partial charge in [-0.1, -0.05) is 68.2 Å². The Morgan fingerprint density at radius 2 is 1.83 bits per heavy atom. The number of quaternary nitrogens is 1. The highest BCUT2D eigenvalue weighted by Gasteiger charge is 2.67. The minimum Gasteiger partial charge on any atom is -0.550 e. The Labute approximate surface area is 411 Å². The number of carbonyl (C=O) groups is 2. The molecule has 2 aliphatic heterocycles. The smallest absolute Gasteiger partial charge is 0.303 e. The Bertz CT molecular complexity index is 2080. The lowest BCUT2D eigenvalue weighted by Crippen LogP contribution is -2.61. The first kappa shape index (κ1) is 51.3. The molecule has 66 heavy (non-hydrogen) atoms. The van der Waals surface area contributed by atoms with Crippen LogP contribution in [0, 0.1) is 34.5 Å². The number of hydrogen-bond donors (Lipinski definition) is 1. The second-order valence-electron chi connectivity index (χ2n) is 20.3. The van der Waals surface area contributed by atoms with E-state index in [4.69, 9.17) is 49.0 Å².